The van der Waals surface area contributed by atoms with Gasteiger partial charge in [0.15, 0.2) is 31.5 Å². The summed E-state index contributed by atoms with van der Waals surface area (Å²) in [7, 11) is 0. The van der Waals surface area contributed by atoms with Gasteiger partial charge in [-0.2, -0.15) is 0 Å². The van der Waals surface area contributed by atoms with Gasteiger partial charge in [0.1, 0.15) is 122 Å². The molecule has 5 fully saturated rings. The number of rotatable bonds is 15. The van der Waals surface area contributed by atoms with Crippen LogP contribution in [0.25, 0.3) is 0 Å². The first-order valence-corrected chi connectivity index (χ1v) is 19.6. The van der Waals surface area contributed by atoms with Crippen LogP contribution in [0.15, 0.2) is 0 Å². The predicted octanol–water partition coefficient (Wildman–Crippen LogP) is -11.6. The summed E-state index contributed by atoms with van der Waals surface area (Å²) >= 11 is 0. The molecule has 5 heterocycles. The van der Waals surface area contributed by atoms with Crippen LogP contribution in [0, 0.1) is 0 Å². The molecule has 0 saturated carbocycles. The summed E-state index contributed by atoms with van der Waals surface area (Å²) in [5, 5.41) is 163. The van der Waals surface area contributed by atoms with Crippen LogP contribution in [0.2, 0.25) is 0 Å². The van der Waals surface area contributed by atoms with Gasteiger partial charge in [0, 0.05) is 13.8 Å². The van der Waals surface area contributed by atoms with Gasteiger partial charge >= 0.3 is 0 Å². The zero-order valence-corrected chi connectivity index (χ0v) is 33.2. The molecule has 5 rings (SSSR count). The van der Waals surface area contributed by atoms with E-state index >= 15 is 0 Å². The van der Waals surface area contributed by atoms with E-state index in [9.17, 15) is 86.2 Å². The topological polar surface area (TPSA) is 445 Å². The van der Waals surface area contributed by atoms with Crippen molar-refractivity contribution in [3.05, 3.63) is 0 Å². The predicted molar refractivity (Wildman–Crippen MR) is 190 cm³/mol. The van der Waals surface area contributed by atoms with Gasteiger partial charge in [-0.3, -0.25) is 9.59 Å². The molecule has 360 valence electrons. The third-order valence-corrected chi connectivity index (χ3v) is 11.1. The molecule has 0 aliphatic carbocycles. The average molecular weight is 911 g/mol. The van der Waals surface area contributed by atoms with Gasteiger partial charge in [-0.05, 0) is 0 Å². The van der Waals surface area contributed by atoms with Crippen LogP contribution in [-0.4, -0.2) is 275 Å². The van der Waals surface area contributed by atoms with Crippen molar-refractivity contribution in [1.82, 2.24) is 10.6 Å². The highest BCUT2D eigenvalue weighted by atomic mass is 16.8. The highest BCUT2D eigenvalue weighted by molar-refractivity contribution is 5.73. The summed E-state index contributed by atoms with van der Waals surface area (Å²) in [4.78, 5) is 24.4. The lowest BCUT2D eigenvalue weighted by Gasteiger charge is -2.50. The summed E-state index contributed by atoms with van der Waals surface area (Å²) in [5.41, 5.74) is 0. The lowest BCUT2D eigenvalue weighted by molar-refractivity contribution is -0.384. The molecular formula is C34H58N2O26. The van der Waals surface area contributed by atoms with Crippen LogP contribution >= 0.6 is 0 Å². The van der Waals surface area contributed by atoms with E-state index in [4.69, 9.17) is 42.6 Å². The smallest absolute Gasteiger partial charge is 0.217 e. The fraction of sp³-hybridized carbons (Fsp3) is 0.941. The van der Waals surface area contributed by atoms with E-state index in [0.29, 0.717) is 0 Å². The normalized spacial score (nSPS) is 49.0. The number of aliphatic hydroxyl groups excluding tert-OH is 15. The third-order valence-electron chi connectivity index (χ3n) is 11.1. The van der Waals surface area contributed by atoms with E-state index in [2.05, 4.69) is 10.6 Å². The highest BCUT2D eigenvalue weighted by Gasteiger charge is 2.57. The maximum absolute atomic E-state index is 12.5. The Morgan fingerprint density at radius 1 is 0.387 bits per heavy atom. The van der Waals surface area contributed by atoms with Crippen molar-refractivity contribution >= 4 is 11.8 Å². The van der Waals surface area contributed by atoms with Crippen molar-refractivity contribution < 1.29 is 129 Å². The quantitative estimate of drug-likeness (QED) is 0.0725. The van der Waals surface area contributed by atoms with Gasteiger partial charge in [-0.1, -0.05) is 0 Å². The zero-order chi connectivity index (χ0) is 45.9. The minimum Gasteiger partial charge on any atom is -0.394 e. The molecule has 28 heteroatoms. The number of aliphatic hydroxyl groups is 15. The summed E-state index contributed by atoms with van der Waals surface area (Å²) in [5.74, 6) is -1.54. The van der Waals surface area contributed by atoms with Gasteiger partial charge in [0.2, 0.25) is 11.8 Å². The molecule has 5 aliphatic heterocycles. The fourth-order valence-corrected chi connectivity index (χ4v) is 7.83. The molecule has 2 amide bonds. The first kappa shape index (κ1) is 51.0. The second kappa shape index (κ2) is 22.0. The molecule has 0 aromatic carbocycles. The molecule has 0 bridgehead atoms. The lowest BCUT2D eigenvalue weighted by Crippen LogP contribution is -2.70. The van der Waals surface area contributed by atoms with Gasteiger partial charge < -0.3 is 130 Å². The Balaban J connectivity index is 1.37. The number of carbonyl (C=O) groups excluding carboxylic acids is 2. The Labute approximate surface area is 351 Å². The van der Waals surface area contributed by atoms with Gasteiger partial charge in [-0.25, -0.2) is 0 Å². The van der Waals surface area contributed by atoms with Crippen LogP contribution in [0.1, 0.15) is 13.8 Å². The number of hydrogen-bond donors (Lipinski definition) is 17. The maximum Gasteiger partial charge on any atom is 0.217 e. The Morgan fingerprint density at radius 3 is 1.21 bits per heavy atom. The van der Waals surface area contributed by atoms with E-state index < -0.39 is 198 Å². The molecular weight excluding hydrogens is 852 g/mol. The van der Waals surface area contributed by atoms with Crippen molar-refractivity contribution in [2.24, 2.45) is 0 Å². The van der Waals surface area contributed by atoms with Crippen molar-refractivity contribution in [2.45, 2.75) is 167 Å². The lowest BCUT2D eigenvalue weighted by atomic mass is 9.94. The second-order valence-corrected chi connectivity index (χ2v) is 15.4. The molecule has 0 radical (unpaired) electrons. The summed E-state index contributed by atoms with van der Waals surface area (Å²) in [6, 6.07) is -3.27. The van der Waals surface area contributed by atoms with E-state index in [1.165, 1.54) is 0 Å². The van der Waals surface area contributed by atoms with E-state index in [-0.39, 0.29) is 0 Å². The van der Waals surface area contributed by atoms with E-state index in [1.807, 2.05) is 0 Å². The van der Waals surface area contributed by atoms with E-state index in [0.717, 1.165) is 13.8 Å². The van der Waals surface area contributed by atoms with Crippen LogP contribution < -0.4 is 10.6 Å². The van der Waals surface area contributed by atoms with Crippen LogP contribution in [0.5, 0.6) is 0 Å². The monoisotopic (exact) mass is 910 g/mol. The largest absolute Gasteiger partial charge is 0.394 e. The van der Waals surface area contributed by atoms with Crippen molar-refractivity contribution in [3.63, 3.8) is 0 Å². The standard InChI is InChI=1S/C34H58N2O26/c1-8(42)35-15-21(48)26(59-33-25(52)29(20(47)13(6-40)56-33)62-32-23(50)22(49)17(44)10(3-37)55-32)14(7-41)58-31(15)61-28-19(46)12(5-39)57-34(24(28)51)60-27-16(36-9(2)43)30(53)54-11(4-38)18(27)45/h10-34,37-41,44-53H,3-7H2,1-2H3,(H,35,42)(H,36,43)/t10-,11-,12-,13-,14-,15-,16-,17+,18+,19+,20+,21-,22+,23-,24-,25-,26-,27-,28+,29+,30?,31+,32?,33?,34?/m1/s1. The van der Waals surface area contributed by atoms with Gasteiger partial charge in [-0.15, -0.1) is 0 Å². The Kier molecular flexibility index (Phi) is 18.1. The molecule has 28 nitrogen and oxygen atoms in total. The van der Waals surface area contributed by atoms with Crippen molar-refractivity contribution in [3.8, 4) is 0 Å². The Morgan fingerprint density at radius 2 is 0.742 bits per heavy atom. The van der Waals surface area contributed by atoms with Crippen LogP contribution in [-0.2, 0) is 52.2 Å². The number of nitrogens with one attached hydrogen (secondary N) is 2. The van der Waals surface area contributed by atoms with Gasteiger partial charge in [0.05, 0.1) is 33.0 Å². The Bertz CT molecular complexity index is 1440. The van der Waals surface area contributed by atoms with Crippen molar-refractivity contribution in [2.75, 3.05) is 33.0 Å². The minimum atomic E-state index is -2.11. The molecule has 62 heavy (non-hydrogen) atoms. The molecule has 5 aliphatic rings. The maximum atomic E-state index is 12.5. The molecule has 0 aromatic rings. The first-order valence-electron chi connectivity index (χ1n) is 19.6. The van der Waals surface area contributed by atoms with Crippen LogP contribution in [0.3, 0.4) is 0 Å². The van der Waals surface area contributed by atoms with Crippen LogP contribution in [0.4, 0.5) is 0 Å². The van der Waals surface area contributed by atoms with Gasteiger partial charge in [0.25, 0.3) is 0 Å². The third kappa shape index (κ3) is 10.8. The minimum absolute atomic E-state index is 0.717. The molecule has 0 spiro atoms. The highest BCUT2D eigenvalue weighted by Crippen LogP contribution is 2.35. The Hall–Kier alpha value is -2.02. The zero-order valence-electron chi connectivity index (χ0n) is 33.2. The number of carbonyl (C=O) groups is 2. The number of amides is 2. The molecule has 25 atom stereocenters. The van der Waals surface area contributed by atoms with E-state index in [1.54, 1.807) is 0 Å². The summed E-state index contributed by atoms with van der Waals surface area (Å²) in [6.45, 7) is -2.51. The number of ether oxygens (including phenoxy) is 9. The second-order valence-electron chi connectivity index (χ2n) is 15.4. The molecule has 5 saturated heterocycles. The fourth-order valence-electron chi connectivity index (χ4n) is 7.83. The summed E-state index contributed by atoms with van der Waals surface area (Å²) < 4.78 is 50.5. The molecule has 4 unspecified atom stereocenters. The SMILES string of the molecule is CC(=O)N[C@H]1[C@H](O[C@H]2[C@@H](O)[C@@H](CO)OC(O[C@H]3[C@@H](O)[C@@H](CO)OC(O)[C@@H]3NC(C)=O)[C@@H]2O)O[C@H](CO)[C@@H](OC2O[C@H](CO)[C@H](O)[C@H](OC3O[C@H](CO)[C@H](O)[C@H](O)[C@H]3O)[C@H]2O)[C@@H]1O. The molecule has 17 N–H and O–H groups in total. The first-order chi connectivity index (χ1) is 29.3. The summed E-state index contributed by atoms with van der Waals surface area (Å²) in [6.07, 6.45) is -42.4. The average Bonchev–Trinajstić information content (AvgIpc) is 3.23. The van der Waals surface area contributed by atoms with Crippen molar-refractivity contribution in [1.29, 1.82) is 0 Å². The number of hydrogen-bond acceptors (Lipinski definition) is 26. The molecule has 0 aromatic heterocycles.